The lowest BCUT2D eigenvalue weighted by molar-refractivity contribution is -0.194. The third-order valence-corrected chi connectivity index (χ3v) is 1.79. The first kappa shape index (κ1) is 14.8. The molecule has 0 atom stereocenters. The molecule has 0 aliphatic carbocycles. The summed E-state index contributed by atoms with van der Waals surface area (Å²) in [6.07, 6.45) is 0. The third kappa shape index (κ3) is 6.32. The van der Waals surface area contributed by atoms with E-state index in [0.717, 1.165) is 17.7 Å². The van der Waals surface area contributed by atoms with Gasteiger partial charge in [-0.05, 0) is 12.1 Å². The fraction of sp³-hybridized carbons (Fsp3) is 0.273. The normalized spacial score (nSPS) is 8.25. The van der Waals surface area contributed by atoms with Crippen molar-refractivity contribution < 1.29 is 9.32 Å². The molecule has 0 aliphatic heterocycles. The lowest BCUT2D eigenvalue weighted by atomic mass is 10.3. The first-order chi connectivity index (χ1) is 7.84. The van der Waals surface area contributed by atoms with E-state index < -0.39 is 0 Å². The van der Waals surface area contributed by atoms with Crippen molar-refractivity contribution >= 4 is 17.7 Å². The molecule has 0 aliphatic rings. The van der Waals surface area contributed by atoms with Gasteiger partial charge in [-0.1, -0.05) is 32.0 Å². The average Bonchev–Trinajstić information content (AvgIpc) is 2.38. The predicted octanol–water partition coefficient (Wildman–Crippen LogP) is 2.54. The fourth-order valence-corrected chi connectivity index (χ4v) is 1.09. The number of rotatable bonds is 3. The Hall–Kier alpha value is -1.19. The maximum atomic E-state index is 4.63. The Morgan fingerprint density at radius 2 is 1.88 bits per heavy atom. The number of benzene rings is 1. The topological polar surface area (TPSA) is 47.7 Å². The summed E-state index contributed by atoms with van der Waals surface area (Å²) >= 11 is 0.826. The first-order valence-electron chi connectivity index (χ1n) is 4.83. The Bertz CT molecular complexity index is 322. The van der Waals surface area contributed by atoms with Crippen LogP contribution < -0.4 is 10.8 Å². The summed E-state index contributed by atoms with van der Waals surface area (Å²) in [5, 5.41) is 2.65. The highest BCUT2D eigenvalue weighted by atomic mass is 32.2. The van der Waals surface area contributed by atoms with Gasteiger partial charge in [0.25, 0.3) is 0 Å². The van der Waals surface area contributed by atoms with Crippen LogP contribution >= 0.6 is 12.0 Å². The first-order valence-corrected chi connectivity index (χ1v) is 5.57. The van der Waals surface area contributed by atoms with Crippen LogP contribution in [0, 0.1) is 11.3 Å². The summed E-state index contributed by atoms with van der Waals surface area (Å²) in [7, 11) is 1.85. The average molecular weight is 240 g/mol. The molecule has 0 bridgehead atoms. The van der Waals surface area contributed by atoms with Crippen molar-refractivity contribution in [2.24, 2.45) is 5.90 Å². The highest BCUT2D eigenvalue weighted by Gasteiger charge is 1.93. The van der Waals surface area contributed by atoms with E-state index in [1.165, 1.54) is 0 Å². The summed E-state index contributed by atoms with van der Waals surface area (Å²) < 4.78 is 4.31. The third-order valence-electron chi connectivity index (χ3n) is 1.47. The molecule has 5 heteroatoms. The summed E-state index contributed by atoms with van der Waals surface area (Å²) in [6.45, 7) is 4.00. The van der Waals surface area contributed by atoms with Crippen LogP contribution in [-0.4, -0.2) is 7.05 Å². The number of para-hydroxylation sites is 1. The van der Waals surface area contributed by atoms with Crippen LogP contribution in [0.3, 0.4) is 0 Å². The van der Waals surface area contributed by atoms with Crippen LogP contribution in [0.5, 0.6) is 0 Å². The molecule has 2 N–H and O–H groups in total. The van der Waals surface area contributed by atoms with Crippen molar-refractivity contribution in [3.63, 3.8) is 0 Å². The largest absolute Gasteiger partial charge is 0.304 e. The molecule has 0 spiro atoms. The molecule has 1 aromatic carbocycles. The standard InChI is InChI=1S/C9H10N2O2S.C2H6/c1-11(7-8-14-13-12-10)9-5-3-2-4-6-9;1-2/h2-6H,10H2,1H3;1-2H3. The van der Waals surface area contributed by atoms with E-state index in [9.17, 15) is 0 Å². The van der Waals surface area contributed by atoms with Crippen LogP contribution in [0.15, 0.2) is 30.3 Å². The molecule has 0 saturated carbocycles. The number of hydrogen-bond acceptors (Lipinski definition) is 5. The summed E-state index contributed by atoms with van der Waals surface area (Å²) in [6, 6.07) is 12.6. The molecular formula is C11H16N2O2S. The highest BCUT2D eigenvalue weighted by molar-refractivity contribution is 7.99. The van der Waals surface area contributed by atoms with E-state index in [1.807, 2.05) is 51.2 Å². The summed E-state index contributed by atoms with van der Waals surface area (Å²) in [4.78, 5) is 5.64. The minimum atomic E-state index is 0.826. The van der Waals surface area contributed by atoms with Crippen LogP contribution in [0.1, 0.15) is 13.8 Å². The van der Waals surface area contributed by atoms with Crippen molar-refractivity contribution in [3.05, 3.63) is 30.3 Å². The molecule has 0 amide bonds. The van der Waals surface area contributed by atoms with E-state index in [2.05, 4.69) is 26.5 Å². The second-order valence-electron chi connectivity index (χ2n) is 2.36. The quantitative estimate of drug-likeness (QED) is 0.220. The van der Waals surface area contributed by atoms with Crippen molar-refractivity contribution in [2.45, 2.75) is 13.8 Å². The van der Waals surface area contributed by atoms with Crippen LogP contribution in [0.2, 0.25) is 0 Å². The molecule has 0 aromatic heterocycles. The Labute approximate surface area is 101 Å². The summed E-state index contributed by atoms with van der Waals surface area (Å²) in [5.74, 6) is 4.63. The van der Waals surface area contributed by atoms with Crippen LogP contribution in [0.4, 0.5) is 5.69 Å². The molecule has 1 rings (SSSR count). The van der Waals surface area contributed by atoms with Crippen LogP contribution in [0.25, 0.3) is 0 Å². The monoisotopic (exact) mass is 240 g/mol. The van der Waals surface area contributed by atoms with Crippen molar-refractivity contribution in [3.8, 4) is 11.3 Å². The zero-order chi connectivity index (χ0) is 12.2. The Kier molecular flexibility index (Phi) is 9.56. The van der Waals surface area contributed by atoms with Gasteiger partial charge in [-0.15, -0.1) is 9.32 Å². The maximum Gasteiger partial charge on any atom is 0.125 e. The second-order valence-corrected chi connectivity index (χ2v) is 2.86. The fourth-order valence-electron chi connectivity index (χ4n) is 0.840. The number of nitrogens with two attached hydrogens (primary N) is 1. The van der Waals surface area contributed by atoms with E-state index in [1.54, 1.807) is 4.90 Å². The number of hydrogen-bond donors (Lipinski definition) is 1. The van der Waals surface area contributed by atoms with Gasteiger partial charge in [0, 0.05) is 24.0 Å². The minimum Gasteiger partial charge on any atom is -0.304 e. The molecular weight excluding hydrogens is 224 g/mol. The van der Waals surface area contributed by atoms with E-state index in [0.29, 0.717) is 0 Å². The maximum absolute atomic E-state index is 4.63. The molecule has 1 aromatic rings. The van der Waals surface area contributed by atoms with E-state index in [-0.39, 0.29) is 0 Å². The van der Waals surface area contributed by atoms with Gasteiger partial charge >= 0.3 is 0 Å². The number of anilines is 1. The summed E-state index contributed by atoms with van der Waals surface area (Å²) in [5.41, 5.74) is 1.01. The lowest BCUT2D eigenvalue weighted by Gasteiger charge is -2.09. The van der Waals surface area contributed by atoms with E-state index in [4.69, 9.17) is 0 Å². The lowest BCUT2D eigenvalue weighted by Crippen LogP contribution is -2.07. The smallest absolute Gasteiger partial charge is 0.125 e. The van der Waals surface area contributed by atoms with Gasteiger partial charge < -0.3 is 4.90 Å². The second kappa shape index (κ2) is 10.3. The predicted molar refractivity (Wildman–Crippen MR) is 67.9 cm³/mol. The molecule has 0 saturated heterocycles. The molecule has 0 fully saturated rings. The van der Waals surface area contributed by atoms with Crippen molar-refractivity contribution in [1.82, 2.24) is 0 Å². The molecule has 0 radical (unpaired) electrons. The minimum absolute atomic E-state index is 0.826. The molecule has 0 unspecified atom stereocenters. The van der Waals surface area contributed by atoms with Gasteiger partial charge in [0.1, 0.15) is 12.0 Å². The SMILES string of the molecule is CC.CN(C#CSOON)c1ccccc1. The van der Waals surface area contributed by atoms with Gasteiger partial charge in [-0.2, -0.15) is 5.90 Å². The Morgan fingerprint density at radius 3 is 2.44 bits per heavy atom. The Morgan fingerprint density at radius 1 is 1.25 bits per heavy atom. The van der Waals surface area contributed by atoms with Gasteiger partial charge in [-0.3, -0.25) is 0 Å². The van der Waals surface area contributed by atoms with Gasteiger partial charge in [0.05, 0.1) is 0 Å². The highest BCUT2D eigenvalue weighted by Crippen LogP contribution is 2.09. The van der Waals surface area contributed by atoms with Crippen molar-refractivity contribution in [2.75, 3.05) is 11.9 Å². The molecule has 88 valence electrons. The van der Waals surface area contributed by atoms with E-state index >= 15 is 0 Å². The van der Waals surface area contributed by atoms with Gasteiger partial charge in [-0.25, -0.2) is 0 Å². The van der Waals surface area contributed by atoms with Crippen molar-refractivity contribution in [1.29, 1.82) is 0 Å². The van der Waals surface area contributed by atoms with Gasteiger partial charge in [0.2, 0.25) is 0 Å². The van der Waals surface area contributed by atoms with Crippen LogP contribution in [-0.2, 0) is 9.32 Å². The zero-order valence-corrected chi connectivity index (χ0v) is 10.5. The molecule has 0 heterocycles. The molecule has 16 heavy (non-hydrogen) atoms. The number of nitrogens with zero attached hydrogens (tertiary/aromatic N) is 1. The van der Waals surface area contributed by atoms with Gasteiger partial charge in [0.15, 0.2) is 0 Å². The Balaban J connectivity index is 0.00000106. The zero-order valence-electron chi connectivity index (χ0n) is 9.64. The molecule has 4 nitrogen and oxygen atoms in total.